The number of aryl methyl sites for hydroxylation is 1. The first-order valence-electron chi connectivity index (χ1n) is 4.54. The lowest BCUT2D eigenvalue weighted by molar-refractivity contribution is 0.266. The lowest BCUT2D eigenvalue weighted by Crippen LogP contribution is -2.31. The molecule has 0 aliphatic carbocycles. The molecule has 0 fully saturated rings. The zero-order valence-electron chi connectivity index (χ0n) is 8.40. The number of aliphatic hydroxyl groups excluding tert-OH is 1. The van der Waals surface area contributed by atoms with Crippen LogP contribution in [0.3, 0.4) is 0 Å². The second-order valence-electron chi connectivity index (χ2n) is 3.10. The Bertz CT molecular complexity index is 373. The van der Waals surface area contributed by atoms with Gasteiger partial charge in [-0.2, -0.15) is 0 Å². The van der Waals surface area contributed by atoms with Crippen LogP contribution in [0.1, 0.15) is 24.4 Å². The molecule has 1 aromatic heterocycles. The van der Waals surface area contributed by atoms with Gasteiger partial charge in [-0.1, -0.05) is 0 Å². The van der Waals surface area contributed by atoms with Crippen molar-refractivity contribution < 1.29 is 5.11 Å². The molecule has 3 N–H and O–H groups in total. The van der Waals surface area contributed by atoms with Crippen LogP contribution in [0.4, 0.5) is 0 Å². The van der Waals surface area contributed by atoms with Crippen molar-refractivity contribution in [1.82, 2.24) is 9.55 Å². The summed E-state index contributed by atoms with van der Waals surface area (Å²) in [7, 11) is 0. The van der Waals surface area contributed by atoms with Crippen molar-refractivity contribution in [2.24, 2.45) is 5.73 Å². The first-order valence-corrected chi connectivity index (χ1v) is 4.54. The largest absolute Gasteiger partial charge is 0.394 e. The predicted molar refractivity (Wildman–Crippen MR) is 52.9 cm³/mol. The molecule has 0 bridgehead atoms. The van der Waals surface area contributed by atoms with E-state index in [1.54, 1.807) is 6.92 Å². The Labute approximate surface area is 82.2 Å². The van der Waals surface area contributed by atoms with Crippen molar-refractivity contribution in [1.29, 1.82) is 0 Å². The monoisotopic (exact) mass is 197 g/mol. The Morgan fingerprint density at radius 3 is 2.86 bits per heavy atom. The SMILES string of the molecule is CCn1c(C)ncc(C(N)CO)c1=O. The average molecular weight is 197 g/mol. The van der Waals surface area contributed by atoms with Gasteiger partial charge in [-0.25, -0.2) is 4.98 Å². The number of nitrogens with two attached hydrogens (primary N) is 1. The number of nitrogens with zero attached hydrogens (tertiary/aromatic N) is 2. The van der Waals surface area contributed by atoms with E-state index in [2.05, 4.69) is 4.98 Å². The molecule has 0 spiro atoms. The van der Waals surface area contributed by atoms with Gasteiger partial charge in [-0.3, -0.25) is 9.36 Å². The number of hydrogen-bond acceptors (Lipinski definition) is 4. The molecule has 78 valence electrons. The van der Waals surface area contributed by atoms with Crippen LogP contribution in [-0.4, -0.2) is 21.3 Å². The first-order chi connectivity index (χ1) is 6.61. The third-order valence-corrected chi connectivity index (χ3v) is 2.19. The normalized spacial score (nSPS) is 12.9. The van der Waals surface area contributed by atoms with Crippen LogP contribution in [0, 0.1) is 6.92 Å². The Kier molecular flexibility index (Phi) is 3.38. The molecule has 14 heavy (non-hydrogen) atoms. The fourth-order valence-electron chi connectivity index (χ4n) is 1.32. The summed E-state index contributed by atoms with van der Waals surface area (Å²) in [6, 6.07) is -0.645. The Hall–Kier alpha value is -1.20. The van der Waals surface area contributed by atoms with E-state index in [1.165, 1.54) is 10.8 Å². The maximum absolute atomic E-state index is 11.8. The molecule has 1 rings (SSSR count). The number of rotatable bonds is 3. The van der Waals surface area contributed by atoms with E-state index in [4.69, 9.17) is 10.8 Å². The van der Waals surface area contributed by atoms with Gasteiger partial charge in [-0.15, -0.1) is 0 Å². The van der Waals surface area contributed by atoms with Crippen LogP contribution in [-0.2, 0) is 6.54 Å². The van der Waals surface area contributed by atoms with E-state index in [1.807, 2.05) is 6.92 Å². The summed E-state index contributed by atoms with van der Waals surface area (Å²) in [6.07, 6.45) is 1.44. The highest BCUT2D eigenvalue weighted by atomic mass is 16.3. The summed E-state index contributed by atoms with van der Waals surface area (Å²) >= 11 is 0. The minimum Gasteiger partial charge on any atom is -0.394 e. The lowest BCUT2D eigenvalue weighted by Gasteiger charge is -2.11. The topological polar surface area (TPSA) is 81.1 Å². The van der Waals surface area contributed by atoms with Gasteiger partial charge < -0.3 is 10.8 Å². The highest BCUT2D eigenvalue weighted by Gasteiger charge is 2.12. The van der Waals surface area contributed by atoms with Gasteiger partial charge in [0.2, 0.25) is 0 Å². The van der Waals surface area contributed by atoms with Gasteiger partial charge in [0.1, 0.15) is 5.82 Å². The standard InChI is InChI=1S/C9H15N3O2/c1-3-12-6(2)11-4-7(9(12)14)8(10)5-13/h4,8,13H,3,5,10H2,1-2H3. The molecule has 5 nitrogen and oxygen atoms in total. The van der Waals surface area contributed by atoms with Crippen LogP contribution in [0.2, 0.25) is 0 Å². The van der Waals surface area contributed by atoms with Crippen molar-refractivity contribution in [3.63, 3.8) is 0 Å². The Morgan fingerprint density at radius 2 is 2.36 bits per heavy atom. The first kappa shape index (κ1) is 10.9. The fraction of sp³-hybridized carbons (Fsp3) is 0.556. The molecule has 0 saturated carbocycles. The van der Waals surface area contributed by atoms with Gasteiger partial charge >= 0.3 is 0 Å². The number of aromatic nitrogens is 2. The van der Waals surface area contributed by atoms with E-state index in [9.17, 15) is 4.79 Å². The molecule has 1 aromatic rings. The van der Waals surface area contributed by atoms with Crippen molar-refractivity contribution in [3.05, 3.63) is 27.9 Å². The average Bonchev–Trinajstić information content (AvgIpc) is 2.18. The van der Waals surface area contributed by atoms with E-state index in [0.29, 0.717) is 17.9 Å². The number of hydrogen-bond donors (Lipinski definition) is 2. The molecule has 0 saturated heterocycles. The third kappa shape index (κ3) is 1.83. The third-order valence-electron chi connectivity index (χ3n) is 2.19. The molecule has 0 aliphatic heterocycles. The Morgan fingerprint density at radius 1 is 1.71 bits per heavy atom. The van der Waals surface area contributed by atoms with E-state index in [-0.39, 0.29) is 12.2 Å². The maximum Gasteiger partial charge on any atom is 0.258 e. The van der Waals surface area contributed by atoms with Crippen molar-refractivity contribution in [2.75, 3.05) is 6.61 Å². The zero-order valence-corrected chi connectivity index (χ0v) is 8.40. The summed E-state index contributed by atoms with van der Waals surface area (Å²) in [5.74, 6) is 0.659. The zero-order chi connectivity index (χ0) is 10.7. The molecule has 0 aromatic carbocycles. The summed E-state index contributed by atoms with van der Waals surface area (Å²) in [4.78, 5) is 15.8. The Balaban J connectivity index is 3.28. The van der Waals surface area contributed by atoms with E-state index >= 15 is 0 Å². The molecule has 0 radical (unpaired) electrons. The molecule has 1 heterocycles. The van der Waals surface area contributed by atoms with E-state index < -0.39 is 6.04 Å². The van der Waals surface area contributed by atoms with Gasteiger partial charge in [0.25, 0.3) is 5.56 Å². The van der Waals surface area contributed by atoms with Crippen molar-refractivity contribution >= 4 is 0 Å². The maximum atomic E-state index is 11.8. The van der Waals surface area contributed by atoms with Gasteiger partial charge in [0.15, 0.2) is 0 Å². The highest BCUT2D eigenvalue weighted by molar-refractivity contribution is 5.12. The quantitative estimate of drug-likeness (QED) is 0.688. The van der Waals surface area contributed by atoms with E-state index in [0.717, 1.165) is 0 Å². The predicted octanol–water partition coefficient (Wildman–Crippen LogP) is -0.436. The molecular formula is C9H15N3O2. The van der Waals surface area contributed by atoms with Crippen LogP contribution in [0.25, 0.3) is 0 Å². The molecule has 1 atom stereocenters. The molecular weight excluding hydrogens is 182 g/mol. The van der Waals surface area contributed by atoms with Gasteiger partial charge in [-0.05, 0) is 13.8 Å². The van der Waals surface area contributed by atoms with Crippen LogP contribution < -0.4 is 11.3 Å². The van der Waals surface area contributed by atoms with Gasteiger partial charge in [0.05, 0.1) is 18.2 Å². The fourth-order valence-corrected chi connectivity index (χ4v) is 1.32. The highest BCUT2D eigenvalue weighted by Crippen LogP contribution is 2.02. The van der Waals surface area contributed by atoms with Crippen molar-refractivity contribution in [2.45, 2.75) is 26.4 Å². The lowest BCUT2D eigenvalue weighted by atomic mass is 10.2. The van der Waals surface area contributed by atoms with Crippen molar-refractivity contribution in [3.8, 4) is 0 Å². The molecule has 5 heteroatoms. The number of aliphatic hydroxyl groups is 1. The summed E-state index contributed by atoms with van der Waals surface area (Å²) < 4.78 is 1.53. The second-order valence-corrected chi connectivity index (χ2v) is 3.10. The molecule has 0 aliphatic rings. The molecule has 1 unspecified atom stereocenters. The van der Waals surface area contributed by atoms with Crippen LogP contribution in [0.5, 0.6) is 0 Å². The minimum atomic E-state index is -0.645. The van der Waals surface area contributed by atoms with Crippen LogP contribution >= 0.6 is 0 Å². The summed E-state index contributed by atoms with van der Waals surface area (Å²) in [5.41, 5.74) is 5.76. The van der Waals surface area contributed by atoms with Gasteiger partial charge in [0, 0.05) is 12.7 Å². The second kappa shape index (κ2) is 4.34. The minimum absolute atomic E-state index is 0.165. The smallest absolute Gasteiger partial charge is 0.258 e. The summed E-state index contributed by atoms with van der Waals surface area (Å²) in [6.45, 7) is 3.94. The molecule has 0 amide bonds. The summed E-state index contributed by atoms with van der Waals surface area (Å²) in [5, 5.41) is 8.84. The van der Waals surface area contributed by atoms with Crippen LogP contribution in [0.15, 0.2) is 11.0 Å².